The van der Waals surface area contributed by atoms with Crippen molar-refractivity contribution >= 4 is 29.2 Å². The Labute approximate surface area is 113 Å². The van der Waals surface area contributed by atoms with Gasteiger partial charge in [-0.1, -0.05) is 11.6 Å². The highest BCUT2D eigenvalue weighted by Crippen LogP contribution is 2.25. The van der Waals surface area contributed by atoms with E-state index in [4.69, 9.17) is 21.4 Å². The summed E-state index contributed by atoms with van der Waals surface area (Å²) in [6.07, 6.45) is -1.19. The molecule has 0 radical (unpaired) electrons. The molecular formula is C12H11ClFNO4. The molecule has 0 aromatic heterocycles. The first-order chi connectivity index (χ1) is 8.97. The number of nitrogens with one attached hydrogen (secondary N) is 1. The van der Waals surface area contributed by atoms with Gasteiger partial charge in [0.05, 0.1) is 10.7 Å². The van der Waals surface area contributed by atoms with Crippen LogP contribution in [-0.4, -0.2) is 29.2 Å². The number of carbonyl (C=O) groups is 2. The number of hydrogen-bond acceptors (Lipinski definition) is 3. The van der Waals surface area contributed by atoms with E-state index in [1.807, 2.05) is 0 Å². The van der Waals surface area contributed by atoms with Gasteiger partial charge in [0.1, 0.15) is 11.9 Å². The van der Waals surface area contributed by atoms with Crippen LogP contribution in [0, 0.1) is 5.82 Å². The van der Waals surface area contributed by atoms with Gasteiger partial charge in [0.2, 0.25) is 0 Å². The highest BCUT2D eigenvalue weighted by atomic mass is 35.5. The molecule has 7 heteroatoms. The maximum absolute atomic E-state index is 12.8. The van der Waals surface area contributed by atoms with Crippen LogP contribution in [-0.2, 0) is 14.3 Å². The summed E-state index contributed by atoms with van der Waals surface area (Å²) in [6, 6.07) is 3.57. The lowest BCUT2D eigenvalue weighted by Gasteiger charge is -2.12. The molecule has 0 unspecified atom stereocenters. The summed E-state index contributed by atoms with van der Waals surface area (Å²) in [5.41, 5.74) is 0.260. The van der Waals surface area contributed by atoms with Gasteiger partial charge in [-0.05, 0) is 31.0 Å². The van der Waals surface area contributed by atoms with Gasteiger partial charge in [-0.25, -0.2) is 9.18 Å². The fourth-order valence-corrected chi connectivity index (χ4v) is 2.03. The van der Waals surface area contributed by atoms with Crippen molar-refractivity contribution in [2.24, 2.45) is 0 Å². The van der Waals surface area contributed by atoms with Gasteiger partial charge in [0, 0.05) is 0 Å². The van der Waals surface area contributed by atoms with E-state index < -0.39 is 29.9 Å². The summed E-state index contributed by atoms with van der Waals surface area (Å²) < 4.78 is 17.9. The lowest BCUT2D eigenvalue weighted by molar-refractivity contribution is -0.150. The number of anilines is 1. The maximum atomic E-state index is 12.8. The largest absolute Gasteiger partial charge is 0.479 e. The van der Waals surface area contributed by atoms with E-state index in [0.717, 1.165) is 12.1 Å². The molecule has 1 saturated heterocycles. The third-order valence-electron chi connectivity index (χ3n) is 2.78. The van der Waals surface area contributed by atoms with E-state index in [9.17, 15) is 14.0 Å². The van der Waals surface area contributed by atoms with Crippen molar-refractivity contribution in [1.29, 1.82) is 0 Å². The smallest absolute Gasteiger partial charge is 0.332 e. The van der Waals surface area contributed by atoms with E-state index in [0.29, 0.717) is 6.42 Å². The fraction of sp³-hybridized carbons (Fsp3) is 0.333. The van der Waals surface area contributed by atoms with Crippen molar-refractivity contribution in [3.63, 3.8) is 0 Å². The first-order valence-corrected chi connectivity index (χ1v) is 5.99. The Morgan fingerprint density at radius 3 is 2.63 bits per heavy atom. The van der Waals surface area contributed by atoms with Crippen LogP contribution < -0.4 is 5.32 Å². The molecule has 1 amide bonds. The Balaban J connectivity index is 2.00. The minimum absolute atomic E-state index is 0.0705. The molecule has 1 aromatic rings. The number of carboxylic acids is 1. The van der Waals surface area contributed by atoms with Crippen LogP contribution in [0.15, 0.2) is 18.2 Å². The molecule has 1 aromatic carbocycles. The van der Waals surface area contributed by atoms with Crippen LogP contribution in [0.25, 0.3) is 0 Å². The highest BCUT2D eigenvalue weighted by molar-refractivity contribution is 6.33. The van der Waals surface area contributed by atoms with Crippen molar-refractivity contribution < 1.29 is 23.8 Å². The third kappa shape index (κ3) is 3.21. The zero-order valence-electron chi connectivity index (χ0n) is 9.73. The fourth-order valence-electron chi connectivity index (χ4n) is 1.82. The van der Waals surface area contributed by atoms with Gasteiger partial charge < -0.3 is 15.2 Å². The SMILES string of the molecule is O=C(Nc1ccc(F)cc1Cl)[C@@H]1CC[C@H](C(=O)O)O1. The van der Waals surface area contributed by atoms with E-state index in [2.05, 4.69) is 5.32 Å². The zero-order valence-corrected chi connectivity index (χ0v) is 10.5. The van der Waals surface area contributed by atoms with Crippen molar-refractivity contribution in [3.8, 4) is 0 Å². The molecule has 5 nitrogen and oxygen atoms in total. The predicted molar refractivity (Wildman–Crippen MR) is 65.6 cm³/mol. The summed E-state index contributed by atoms with van der Waals surface area (Å²) in [5.74, 6) is -2.08. The van der Waals surface area contributed by atoms with E-state index in [1.54, 1.807) is 0 Å². The molecule has 0 bridgehead atoms. The molecule has 1 aliphatic heterocycles. The summed E-state index contributed by atoms with van der Waals surface area (Å²) >= 11 is 5.77. The molecule has 2 atom stereocenters. The average molecular weight is 288 g/mol. The van der Waals surface area contributed by atoms with Crippen LogP contribution in [0.4, 0.5) is 10.1 Å². The second kappa shape index (κ2) is 5.54. The van der Waals surface area contributed by atoms with Crippen LogP contribution in [0.2, 0.25) is 5.02 Å². The van der Waals surface area contributed by atoms with Gasteiger partial charge in [-0.3, -0.25) is 4.79 Å². The Morgan fingerprint density at radius 1 is 1.37 bits per heavy atom. The van der Waals surface area contributed by atoms with E-state index in [1.165, 1.54) is 6.07 Å². The second-order valence-corrected chi connectivity index (χ2v) is 4.55. The molecule has 102 valence electrons. The van der Waals surface area contributed by atoms with Crippen molar-refractivity contribution in [3.05, 3.63) is 29.0 Å². The molecular weight excluding hydrogens is 277 g/mol. The topological polar surface area (TPSA) is 75.6 Å². The minimum atomic E-state index is -1.09. The number of hydrogen-bond donors (Lipinski definition) is 2. The lowest BCUT2D eigenvalue weighted by atomic mass is 10.2. The molecule has 2 rings (SSSR count). The van der Waals surface area contributed by atoms with Gasteiger partial charge in [-0.2, -0.15) is 0 Å². The molecule has 0 saturated carbocycles. The zero-order chi connectivity index (χ0) is 14.0. The third-order valence-corrected chi connectivity index (χ3v) is 3.09. The van der Waals surface area contributed by atoms with Crippen LogP contribution in [0.3, 0.4) is 0 Å². The second-order valence-electron chi connectivity index (χ2n) is 4.14. The quantitative estimate of drug-likeness (QED) is 0.892. The predicted octanol–water partition coefficient (Wildman–Crippen LogP) is 2.05. The standard InChI is InChI=1S/C12H11ClFNO4/c13-7-5-6(14)1-2-8(7)15-11(16)9-3-4-10(19-9)12(17)18/h1-2,5,9-10H,3-4H2,(H,15,16)(H,17,18)/t9-,10+/m0/s1. The number of benzene rings is 1. The van der Waals surface area contributed by atoms with Crippen molar-refractivity contribution in [2.45, 2.75) is 25.0 Å². The molecule has 1 fully saturated rings. The van der Waals surface area contributed by atoms with Gasteiger partial charge in [-0.15, -0.1) is 0 Å². The Hall–Kier alpha value is -1.66. The first-order valence-electron chi connectivity index (χ1n) is 5.61. The number of carbonyl (C=O) groups excluding carboxylic acids is 1. The number of carboxylic acid groups (broad SMARTS) is 1. The lowest BCUT2D eigenvalue weighted by Crippen LogP contribution is -2.30. The van der Waals surface area contributed by atoms with Crippen LogP contribution >= 0.6 is 11.6 Å². The summed E-state index contributed by atoms with van der Waals surface area (Å²) in [6.45, 7) is 0. The van der Waals surface area contributed by atoms with Crippen molar-refractivity contribution in [2.75, 3.05) is 5.32 Å². The van der Waals surface area contributed by atoms with Crippen LogP contribution in [0.1, 0.15) is 12.8 Å². The van der Waals surface area contributed by atoms with E-state index >= 15 is 0 Å². The molecule has 2 N–H and O–H groups in total. The molecule has 1 heterocycles. The van der Waals surface area contributed by atoms with Gasteiger partial charge >= 0.3 is 5.97 Å². The molecule has 0 aliphatic carbocycles. The normalized spacial score (nSPS) is 22.2. The number of rotatable bonds is 3. The monoisotopic (exact) mass is 287 g/mol. The average Bonchev–Trinajstić information content (AvgIpc) is 2.82. The summed E-state index contributed by atoms with van der Waals surface area (Å²) in [7, 11) is 0. The van der Waals surface area contributed by atoms with Crippen LogP contribution in [0.5, 0.6) is 0 Å². The molecule has 19 heavy (non-hydrogen) atoms. The number of amides is 1. The highest BCUT2D eigenvalue weighted by Gasteiger charge is 2.34. The maximum Gasteiger partial charge on any atom is 0.332 e. The summed E-state index contributed by atoms with van der Waals surface area (Å²) in [4.78, 5) is 22.5. The molecule has 1 aliphatic rings. The van der Waals surface area contributed by atoms with Crippen molar-refractivity contribution in [1.82, 2.24) is 0 Å². The minimum Gasteiger partial charge on any atom is -0.479 e. The molecule has 0 spiro atoms. The Morgan fingerprint density at radius 2 is 2.05 bits per heavy atom. The first kappa shape index (κ1) is 13.8. The van der Waals surface area contributed by atoms with E-state index in [-0.39, 0.29) is 17.1 Å². The number of aliphatic carboxylic acids is 1. The Kier molecular flexibility index (Phi) is 4.01. The van der Waals surface area contributed by atoms with Gasteiger partial charge in [0.25, 0.3) is 5.91 Å². The summed E-state index contributed by atoms with van der Waals surface area (Å²) in [5, 5.41) is 11.3. The Bertz CT molecular complexity index is 522. The number of ether oxygens (including phenoxy) is 1. The van der Waals surface area contributed by atoms with Gasteiger partial charge in [0.15, 0.2) is 6.10 Å². The number of halogens is 2.